The van der Waals surface area contributed by atoms with Crippen LogP contribution in [0.2, 0.25) is 0 Å². The van der Waals surface area contributed by atoms with E-state index < -0.39 is 0 Å². The summed E-state index contributed by atoms with van der Waals surface area (Å²) in [5, 5.41) is 5.88. The molecule has 0 aliphatic rings. The first kappa shape index (κ1) is 15.0. The zero-order valence-electron chi connectivity index (χ0n) is 10.0. The lowest BCUT2D eigenvalue weighted by atomic mass is 10.1. The molecule has 5 heteroatoms. The lowest BCUT2D eigenvalue weighted by Gasteiger charge is -2.03. The lowest BCUT2D eigenvalue weighted by molar-refractivity contribution is 0.0955. The van der Waals surface area contributed by atoms with Gasteiger partial charge in [0.25, 0.3) is 5.91 Å². The van der Waals surface area contributed by atoms with Crippen LogP contribution < -0.4 is 11.1 Å². The number of hydrogen-bond acceptors (Lipinski definition) is 3. The smallest absolute Gasteiger partial charge is 0.252 e. The maximum atomic E-state index is 11.9. The molecule has 3 N–H and O–H groups in total. The molecule has 0 aliphatic carbocycles. The fourth-order valence-electron chi connectivity index (χ4n) is 1.72. The molecule has 1 aromatic carbocycles. The van der Waals surface area contributed by atoms with E-state index in [0.29, 0.717) is 13.1 Å². The van der Waals surface area contributed by atoms with Gasteiger partial charge >= 0.3 is 0 Å². The van der Waals surface area contributed by atoms with Crippen LogP contribution in [-0.2, 0) is 0 Å². The number of benzene rings is 1. The van der Waals surface area contributed by atoms with E-state index >= 15 is 0 Å². The molecule has 18 heavy (non-hydrogen) atoms. The van der Waals surface area contributed by atoms with Crippen molar-refractivity contribution in [1.82, 2.24) is 5.32 Å². The molecule has 0 fully saturated rings. The Morgan fingerprint density at radius 3 is 2.83 bits per heavy atom. The van der Waals surface area contributed by atoms with Gasteiger partial charge in [-0.3, -0.25) is 4.79 Å². The lowest BCUT2D eigenvalue weighted by Crippen LogP contribution is -2.24. The van der Waals surface area contributed by atoms with Crippen LogP contribution in [0.5, 0.6) is 0 Å². The second-order valence-corrected chi connectivity index (χ2v) is 4.81. The van der Waals surface area contributed by atoms with Gasteiger partial charge in [-0.25, -0.2) is 0 Å². The average molecular weight is 285 g/mol. The summed E-state index contributed by atoms with van der Waals surface area (Å²) in [5.74, 6) is 0.0134. The minimum absolute atomic E-state index is 0. The standard InChI is InChI=1S/C13H16N2OS.ClH/c14-7-3-4-8-15-13(16)11-9-17-12-6-2-1-5-10(11)12;/h1-2,5-6,9H,3-4,7-8,14H2,(H,15,16);1H. The van der Waals surface area contributed by atoms with Gasteiger partial charge in [0, 0.05) is 22.0 Å². The molecule has 1 amide bonds. The highest BCUT2D eigenvalue weighted by Gasteiger charge is 2.10. The maximum Gasteiger partial charge on any atom is 0.252 e. The summed E-state index contributed by atoms with van der Waals surface area (Å²) >= 11 is 1.61. The van der Waals surface area contributed by atoms with Crippen LogP contribution in [0.15, 0.2) is 29.6 Å². The number of rotatable bonds is 5. The predicted molar refractivity (Wildman–Crippen MR) is 79.7 cm³/mol. The molecule has 1 heterocycles. The molecule has 0 saturated heterocycles. The number of hydrogen-bond donors (Lipinski definition) is 2. The van der Waals surface area contributed by atoms with Gasteiger partial charge in [-0.05, 0) is 25.5 Å². The monoisotopic (exact) mass is 284 g/mol. The van der Waals surface area contributed by atoms with Gasteiger partial charge in [-0.2, -0.15) is 0 Å². The van der Waals surface area contributed by atoms with Gasteiger partial charge in [0.05, 0.1) is 5.56 Å². The Morgan fingerprint density at radius 1 is 1.28 bits per heavy atom. The summed E-state index contributed by atoms with van der Waals surface area (Å²) in [6.07, 6.45) is 1.88. The molecular formula is C13H17ClN2OS. The molecule has 0 saturated carbocycles. The first-order chi connectivity index (χ1) is 8.33. The third-order valence-electron chi connectivity index (χ3n) is 2.64. The fraction of sp³-hybridized carbons (Fsp3) is 0.308. The van der Waals surface area contributed by atoms with Crippen molar-refractivity contribution < 1.29 is 4.79 Å². The summed E-state index contributed by atoms with van der Waals surface area (Å²) in [4.78, 5) is 11.9. The van der Waals surface area contributed by atoms with E-state index in [1.165, 1.54) is 0 Å². The Labute approximate surface area is 117 Å². The largest absolute Gasteiger partial charge is 0.352 e. The van der Waals surface area contributed by atoms with Crippen LogP contribution in [0.3, 0.4) is 0 Å². The Kier molecular flexibility index (Phi) is 6.12. The van der Waals surface area contributed by atoms with Crippen LogP contribution >= 0.6 is 23.7 Å². The van der Waals surface area contributed by atoms with Gasteiger partial charge in [-0.1, -0.05) is 18.2 Å². The third kappa shape index (κ3) is 3.45. The van der Waals surface area contributed by atoms with Crippen molar-refractivity contribution in [1.29, 1.82) is 0 Å². The van der Waals surface area contributed by atoms with E-state index in [-0.39, 0.29) is 18.3 Å². The highest BCUT2D eigenvalue weighted by molar-refractivity contribution is 7.17. The molecule has 1 aromatic heterocycles. The van der Waals surface area contributed by atoms with E-state index in [4.69, 9.17) is 5.73 Å². The van der Waals surface area contributed by atoms with Crippen molar-refractivity contribution >= 4 is 39.7 Å². The second-order valence-electron chi connectivity index (χ2n) is 3.90. The molecule has 2 rings (SSSR count). The van der Waals surface area contributed by atoms with E-state index in [1.54, 1.807) is 11.3 Å². The predicted octanol–water partition coefficient (Wildman–Crippen LogP) is 2.79. The fourth-order valence-corrected chi connectivity index (χ4v) is 2.66. The van der Waals surface area contributed by atoms with Crippen molar-refractivity contribution in [3.8, 4) is 0 Å². The molecule has 98 valence electrons. The molecule has 0 aliphatic heterocycles. The van der Waals surface area contributed by atoms with Gasteiger partial charge in [0.2, 0.25) is 0 Å². The van der Waals surface area contributed by atoms with Crippen molar-refractivity contribution in [2.45, 2.75) is 12.8 Å². The maximum absolute atomic E-state index is 11.9. The Bertz CT molecular complexity index is 512. The van der Waals surface area contributed by atoms with Crippen LogP contribution in [0.4, 0.5) is 0 Å². The van der Waals surface area contributed by atoms with Crippen LogP contribution in [-0.4, -0.2) is 19.0 Å². The van der Waals surface area contributed by atoms with Crippen molar-refractivity contribution in [2.75, 3.05) is 13.1 Å². The number of nitrogens with one attached hydrogen (secondary N) is 1. The first-order valence-corrected chi connectivity index (χ1v) is 6.65. The summed E-state index contributed by atoms with van der Waals surface area (Å²) < 4.78 is 1.15. The van der Waals surface area contributed by atoms with Crippen LogP contribution in [0, 0.1) is 0 Å². The van der Waals surface area contributed by atoms with Gasteiger partial charge in [0.1, 0.15) is 0 Å². The average Bonchev–Trinajstić information content (AvgIpc) is 2.78. The number of carbonyl (C=O) groups is 1. The minimum atomic E-state index is 0. The van der Waals surface area contributed by atoms with Crippen LogP contribution in [0.1, 0.15) is 23.2 Å². The molecule has 0 atom stereocenters. The van der Waals surface area contributed by atoms with E-state index in [1.807, 2.05) is 29.6 Å². The van der Waals surface area contributed by atoms with E-state index in [2.05, 4.69) is 5.32 Å². The quantitative estimate of drug-likeness (QED) is 0.830. The summed E-state index contributed by atoms with van der Waals surface area (Å²) in [6.45, 7) is 1.37. The van der Waals surface area contributed by atoms with Crippen molar-refractivity contribution in [3.63, 3.8) is 0 Å². The van der Waals surface area contributed by atoms with Crippen molar-refractivity contribution in [3.05, 3.63) is 35.2 Å². The van der Waals surface area contributed by atoms with Crippen molar-refractivity contribution in [2.24, 2.45) is 5.73 Å². The third-order valence-corrected chi connectivity index (χ3v) is 3.61. The number of unbranched alkanes of at least 4 members (excludes halogenated alkanes) is 1. The van der Waals surface area contributed by atoms with E-state index in [0.717, 1.165) is 28.5 Å². The molecule has 3 nitrogen and oxygen atoms in total. The number of thiophene rings is 1. The zero-order chi connectivity index (χ0) is 12.1. The molecule has 0 bridgehead atoms. The van der Waals surface area contributed by atoms with Gasteiger partial charge in [-0.15, -0.1) is 23.7 Å². The van der Waals surface area contributed by atoms with Gasteiger partial charge < -0.3 is 11.1 Å². The SMILES string of the molecule is Cl.NCCCCNC(=O)c1csc2ccccc12. The second kappa shape index (κ2) is 7.36. The normalized spacial score (nSPS) is 10.1. The molecular weight excluding hydrogens is 268 g/mol. The number of carbonyl (C=O) groups excluding carboxylic acids is 1. The first-order valence-electron chi connectivity index (χ1n) is 5.77. The highest BCUT2D eigenvalue weighted by Crippen LogP contribution is 2.25. The summed E-state index contributed by atoms with van der Waals surface area (Å²) in [5.41, 5.74) is 6.18. The zero-order valence-corrected chi connectivity index (χ0v) is 11.7. The summed E-state index contributed by atoms with van der Waals surface area (Å²) in [6, 6.07) is 7.97. The molecule has 2 aromatic rings. The Balaban J connectivity index is 0.00000162. The Hall–Kier alpha value is -1.10. The number of amides is 1. The number of nitrogens with two attached hydrogens (primary N) is 1. The summed E-state index contributed by atoms with van der Waals surface area (Å²) in [7, 11) is 0. The molecule has 0 unspecified atom stereocenters. The van der Waals surface area contributed by atoms with E-state index in [9.17, 15) is 4.79 Å². The van der Waals surface area contributed by atoms with Gasteiger partial charge in [0.15, 0.2) is 0 Å². The van der Waals surface area contributed by atoms with Crippen LogP contribution in [0.25, 0.3) is 10.1 Å². The molecule has 0 spiro atoms. The topological polar surface area (TPSA) is 55.1 Å². The highest BCUT2D eigenvalue weighted by atomic mass is 35.5. The number of halogens is 1. The number of fused-ring (bicyclic) bond motifs is 1. The molecule has 0 radical (unpaired) electrons. The minimum Gasteiger partial charge on any atom is -0.352 e. The Morgan fingerprint density at radius 2 is 2.06 bits per heavy atom.